The van der Waals surface area contributed by atoms with Crippen LogP contribution >= 0.6 is 11.8 Å². The SMILES string of the molecule is COc1ccc2c(SC(C)=O)c(CC(=O)O)ccc2c1. The molecule has 1 N–H and O–H groups in total. The van der Waals surface area contributed by atoms with E-state index in [1.165, 1.54) is 6.92 Å². The van der Waals surface area contributed by atoms with Crippen LogP contribution in [0.4, 0.5) is 0 Å². The van der Waals surface area contributed by atoms with Crippen LogP contribution in [0, 0.1) is 0 Å². The summed E-state index contributed by atoms with van der Waals surface area (Å²) in [6, 6.07) is 9.12. The first-order chi connectivity index (χ1) is 9.51. The number of fused-ring (bicyclic) bond motifs is 1. The molecule has 0 unspecified atom stereocenters. The Kier molecular flexibility index (Phi) is 4.29. The van der Waals surface area contributed by atoms with Crippen molar-refractivity contribution in [3.05, 3.63) is 35.9 Å². The Morgan fingerprint density at radius 3 is 2.60 bits per heavy atom. The molecule has 0 heterocycles. The molecule has 0 saturated carbocycles. The molecular weight excluding hydrogens is 276 g/mol. The summed E-state index contributed by atoms with van der Waals surface area (Å²) in [6.45, 7) is 1.47. The Bertz CT molecular complexity index is 679. The predicted octanol–water partition coefficient (Wildman–Crippen LogP) is 3.11. The Labute approximate surface area is 120 Å². The number of carbonyl (C=O) groups is 2. The highest BCUT2D eigenvalue weighted by molar-refractivity contribution is 8.13. The summed E-state index contributed by atoms with van der Waals surface area (Å²) >= 11 is 1.07. The molecule has 0 aliphatic carbocycles. The van der Waals surface area contributed by atoms with E-state index in [0.717, 1.165) is 28.3 Å². The second-order valence-corrected chi connectivity index (χ2v) is 5.49. The van der Waals surface area contributed by atoms with Gasteiger partial charge in [-0.2, -0.15) is 0 Å². The highest BCUT2D eigenvalue weighted by Gasteiger charge is 2.13. The minimum absolute atomic E-state index is 0.0695. The first-order valence-electron chi connectivity index (χ1n) is 6.01. The molecule has 5 heteroatoms. The highest BCUT2D eigenvalue weighted by atomic mass is 32.2. The minimum Gasteiger partial charge on any atom is -0.497 e. The van der Waals surface area contributed by atoms with Gasteiger partial charge >= 0.3 is 5.97 Å². The third-order valence-corrected chi connectivity index (χ3v) is 3.82. The Morgan fingerprint density at radius 2 is 2.00 bits per heavy atom. The van der Waals surface area contributed by atoms with Gasteiger partial charge in [0.05, 0.1) is 13.5 Å². The fraction of sp³-hybridized carbons (Fsp3) is 0.200. The van der Waals surface area contributed by atoms with Gasteiger partial charge in [-0.3, -0.25) is 9.59 Å². The summed E-state index contributed by atoms with van der Waals surface area (Å²) in [6.07, 6.45) is -0.0996. The highest BCUT2D eigenvalue weighted by Crippen LogP contribution is 2.34. The summed E-state index contributed by atoms with van der Waals surface area (Å²) in [5.41, 5.74) is 0.648. The van der Waals surface area contributed by atoms with Crippen LogP contribution in [0.3, 0.4) is 0 Å². The maximum Gasteiger partial charge on any atom is 0.307 e. The van der Waals surface area contributed by atoms with Crippen molar-refractivity contribution in [1.29, 1.82) is 0 Å². The van der Waals surface area contributed by atoms with Crippen LogP contribution in [-0.4, -0.2) is 23.3 Å². The van der Waals surface area contributed by atoms with Gasteiger partial charge in [0.15, 0.2) is 5.12 Å². The van der Waals surface area contributed by atoms with Crippen LogP contribution < -0.4 is 4.74 Å². The van der Waals surface area contributed by atoms with Crippen LogP contribution in [0.25, 0.3) is 10.8 Å². The third kappa shape index (κ3) is 3.11. The van der Waals surface area contributed by atoms with Crippen molar-refractivity contribution in [3.8, 4) is 5.75 Å². The summed E-state index contributed by atoms with van der Waals surface area (Å²) in [7, 11) is 1.59. The van der Waals surface area contributed by atoms with Crippen molar-refractivity contribution in [2.45, 2.75) is 18.2 Å². The van der Waals surface area contributed by atoms with E-state index in [-0.39, 0.29) is 11.5 Å². The second-order valence-electron chi connectivity index (χ2n) is 4.31. The van der Waals surface area contributed by atoms with Gasteiger partial charge in [-0.1, -0.05) is 23.9 Å². The molecule has 20 heavy (non-hydrogen) atoms. The summed E-state index contributed by atoms with van der Waals surface area (Å²) in [4.78, 5) is 23.0. The second kappa shape index (κ2) is 5.96. The maximum atomic E-state index is 11.4. The zero-order chi connectivity index (χ0) is 14.7. The number of benzene rings is 2. The number of carboxylic acid groups (broad SMARTS) is 1. The minimum atomic E-state index is -0.914. The standard InChI is InChI=1S/C15H14O4S/c1-9(16)20-15-11(8-14(17)18)4-3-10-7-12(19-2)5-6-13(10)15/h3-7H,8H2,1-2H3,(H,17,18). The summed E-state index contributed by atoms with van der Waals surface area (Å²) in [5, 5.41) is 10.7. The van der Waals surface area contributed by atoms with Crippen molar-refractivity contribution in [2.75, 3.05) is 7.11 Å². The lowest BCUT2D eigenvalue weighted by Gasteiger charge is -2.11. The number of carbonyl (C=O) groups excluding carboxylic acids is 1. The normalized spacial score (nSPS) is 10.5. The number of carboxylic acids is 1. The van der Waals surface area contributed by atoms with E-state index in [1.54, 1.807) is 19.2 Å². The molecule has 2 rings (SSSR count). The number of hydrogen-bond donors (Lipinski definition) is 1. The molecule has 2 aromatic rings. The third-order valence-electron chi connectivity index (χ3n) is 2.85. The van der Waals surface area contributed by atoms with Crippen LogP contribution in [0.15, 0.2) is 35.2 Å². The number of aliphatic carboxylic acids is 1. The van der Waals surface area contributed by atoms with Crippen LogP contribution in [0.2, 0.25) is 0 Å². The number of methoxy groups -OCH3 is 1. The van der Waals surface area contributed by atoms with Crippen molar-refractivity contribution in [1.82, 2.24) is 0 Å². The van der Waals surface area contributed by atoms with Gasteiger partial charge in [-0.15, -0.1) is 0 Å². The topological polar surface area (TPSA) is 63.6 Å². The first kappa shape index (κ1) is 14.4. The van der Waals surface area contributed by atoms with Crippen molar-refractivity contribution in [2.24, 2.45) is 0 Å². The fourth-order valence-electron chi connectivity index (χ4n) is 2.02. The maximum absolute atomic E-state index is 11.4. The van der Waals surface area contributed by atoms with Crippen LogP contribution in [0.5, 0.6) is 5.75 Å². The lowest BCUT2D eigenvalue weighted by atomic mass is 10.0. The molecule has 0 saturated heterocycles. The summed E-state index contributed by atoms with van der Waals surface area (Å²) in [5.74, 6) is -0.189. The van der Waals surface area contributed by atoms with Gasteiger partial charge in [0.25, 0.3) is 0 Å². The Balaban J connectivity index is 2.62. The number of rotatable bonds is 4. The molecule has 104 valence electrons. The van der Waals surface area contributed by atoms with Crippen LogP contribution in [0.1, 0.15) is 12.5 Å². The molecular formula is C15H14O4S. The molecule has 0 bridgehead atoms. The van der Waals surface area contributed by atoms with E-state index >= 15 is 0 Å². The average molecular weight is 290 g/mol. The van der Waals surface area contributed by atoms with E-state index in [9.17, 15) is 9.59 Å². The zero-order valence-corrected chi connectivity index (χ0v) is 12.0. The van der Waals surface area contributed by atoms with Gasteiger partial charge in [0.1, 0.15) is 5.75 Å². The van der Waals surface area contributed by atoms with E-state index in [4.69, 9.17) is 9.84 Å². The van der Waals surface area contributed by atoms with Crippen molar-refractivity contribution < 1.29 is 19.4 Å². The number of ether oxygens (including phenoxy) is 1. The smallest absolute Gasteiger partial charge is 0.307 e. The van der Waals surface area contributed by atoms with Crippen molar-refractivity contribution in [3.63, 3.8) is 0 Å². The predicted molar refractivity (Wildman–Crippen MR) is 78.4 cm³/mol. The van der Waals surface area contributed by atoms with Gasteiger partial charge in [0.2, 0.25) is 0 Å². The van der Waals surface area contributed by atoms with Gasteiger partial charge in [0, 0.05) is 11.8 Å². The fourth-order valence-corrected chi connectivity index (χ4v) is 2.87. The quantitative estimate of drug-likeness (QED) is 0.876. The van der Waals surface area contributed by atoms with E-state index in [1.807, 2.05) is 18.2 Å². The number of thioether (sulfide) groups is 1. The molecule has 0 spiro atoms. The van der Waals surface area contributed by atoms with E-state index < -0.39 is 5.97 Å². The molecule has 0 amide bonds. The molecule has 0 aliphatic heterocycles. The van der Waals surface area contributed by atoms with Crippen molar-refractivity contribution >= 4 is 33.6 Å². The average Bonchev–Trinajstić information content (AvgIpc) is 2.39. The molecule has 2 aromatic carbocycles. The molecule has 0 radical (unpaired) electrons. The Morgan fingerprint density at radius 1 is 1.25 bits per heavy atom. The van der Waals surface area contributed by atoms with Gasteiger partial charge in [-0.05, 0) is 34.5 Å². The lowest BCUT2D eigenvalue weighted by molar-refractivity contribution is -0.136. The summed E-state index contributed by atoms with van der Waals surface area (Å²) < 4.78 is 5.17. The molecule has 0 aliphatic rings. The molecule has 4 nitrogen and oxygen atoms in total. The number of hydrogen-bond acceptors (Lipinski definition) is 4. The molecule has 0 atom stereocenters. The zero-order valence-electron chi connectivity index (χ0n) is 11.2. The van der Waals surface area contributed by atoms with Gasteiger partial charge < -0.3 is 9.84 Å². The van der Waals surface area contributed by atoms with E-state index in [2.05, 4.69) is 0 Å². The van der Waals surface area contributed by atoms with Gasteiger partial charge in [-0.25, -0.2) is 0 Å². The molecule has 0 aromatic heterocycles. The first-order valence-corrected chi connectivity index (χ1v) is 6.82. The monoisotopic (exact) mass is 290 g/mol. The lowest BCUT2D eigenvalue weighted by Crippen LogP contribution is -2.02. The Hall–Kier alpha value is -2.01. The van der Waals surface area contributed by atoms with Crippen LogP contribution in [-0.2, 0) is 16.0 Å². The molecule has 0 fully saturated rings. The van der Waals surface area contributed by atoms with E-state index in [0.29, 0.717) is 10.5 Å². The largest absolute Gasteiger partial charge is 0.497 e.